The smallest absolute Gasteiger partial charge is 0.378 e. The number of aromatic nitrogens is 5. The first-order valence-electron chi connectivity index (χ1n) is 11.2. The molecule has 2 aromatic carbocycles. The number of nitrogens with one attached hydrogen (secondary N) is 2. The van der Waals surface area contributed by atoms with Crippen LogP contribution in [0.5, 0.6) is 0 Å². The minimum atomic E-state index is -4.80. The van der Waals surface area contributed by atoms with Crippen LogP contribution >= 0.6 is 0 Å². The predicted octanol–water partition coefficient (Wildman–Crippen LogP) is 4.46. The molecule has 3 aromatic heterocycles. The third-order valence-corrected chi connectivity index (χ3v) is 5.57. The molecular weight excluding hydrogens is 505 g/mol. The number of aliphatic hydroxyl groups excluding tert-OH is 1. The van der Waals surface area contributed by atoms with Gasteiger partial charge < -0.3 is 24.5 Å². The zero-order valence-electron chi connectivity index (χ0n) is 19.7. The number of imidazole rings is 1. The molecule has 3 heterocycles. The summed E-state index contributed by atoms with van der Waals surface area (Å²) in [5.74, 6) is -1.32. The molecule has 5 aromatic rings. The summed E-state index contributed by atoms with van der Waals surface area (Å²) >= 11 is 0. The number of benzene rings is 2. The SMILES string of the molecule is Cc1c[nH]c(CNC(=O)C(O)c2ccc(-c3noc(-c4onc(-c5ccccc5)c4C(F)(F)F)n3)cc2)n1. The fourth-order valence-corrected chi connectivity index (χ4v) is 3.71. The van der Waals surface area contributed by atoms with Crippen LogP contribution in [0.3, 0.4) is 0 Å². The van der Waals surface area contributed by atoms with Crippen molar-refractivity contribution in [1.29, 1.82) is 0 Å². The lowest BCUT2D eigenvalue weighted by Crippen LogP contribution is -2.29. The topological polar surface area (TPSA) is 143 Å². The number of aliphatic hydroxyl groups is 1. The first kappa shape index (κ1) is 24.9. The van der Waals surface area contributed by atoms with Gasteiger partial charge in [-0.05, 0) is 12.5 Å². The van der Waals surface area contributed by atoms with E-state index in [1.807, 2.05) is 0 Å². The van der Waals surface area contributed by atoms with Crippen LogP contribution in [0, 0.1) is 6.92 Å². The number of hydrogen-bond acceptors (Lipinski definition) is 8. The molecule has 0 radical (unpaired) electrons. The van der Waals surface area contributed by atoms with E-state index in [9.17, 15) is 23.1 Å². The Hall–Kier alpha value is -4.78. The van der Waals surface area contributed by atoms with E-state index in [-0.39, 0.29) is 23.5 Å². The second kappa shape index (κ2) is 9.94. The Kier molecular flexibility index (Phi) is 6.51. The molecule has 38 heavy (non-hydrogen) atoms. The Morgan fingerprint density at radius 2 is 1.76 bits per heavy atom. The number of carbonyl (C=O) groups excluding carboxylic acids is 1. The summed E-state index contributed by atoms with van der Waals surface area (Å²) in [5.41, 5.74) is 0.114. The molecule has 0 aliphatic carbocycles. The highest BCUT2D eigenvalue weighted by Gasteiger charge is 2.43. The minimum absolute atomic E-state index is 0.0236. The molecule has 13 heteroatoms. The van der Waals surface area contributed by atoms with Gasteiger partial charge in [0.1, 0.15) is 17.1 Å². The lowest BCUT2D eigenvalue weighted by Gasteiger charge is -2.11. The molecule has 1 amide bonds. The molecule has 1 atom stereocenters. The highest BCUT2D eigenvalue weighted by Crippen LogP contribution is 2.43. The van der Waals surface area contributed by atoms with Crippen LogP contribution in [0.25, 0.3) is 34.3 Å². The number of H-pyrrole nitrogens is 1. The van der Waals surface area contributed by atoms with Gasteiger partial charge in [0.25, 0.3) is 11.8 Å². The van der Waals surface area contributed by atoms with E-state index < -0.39 is 41.1 Å². The fraction of sp³-hybridized carbons (Fsp3) is 0.160. The normalized spacial score (nSPS) is 12.4. The van der Waals surface area contributed by atoms with Crippen molar-refractivity contribution in [2.45, 2.75) is 25.7 Å². The van der Waals surface area contributed by atoms with Crippen LogP contribution < -0.4 is 5.32 Å². The second-order valence-electron chi connectivity index (χ2n) is 8.25. The standard InChI is InChI=1S/C25H19F3N6O4/c1-13-11-29-17(31-13)12-30-23(36)20(35)15-7-9-16(10-8-15)22-32-24(38-34-22)21-18(25(26,27)28)19(33-37-21)14-5-3-2-4-6-14/h2-11,20,35H,12H2,1H3,(H,29,31)(H,30,36). The number of aromatic amines is 1. The third kappa shape index (κ3) is 5.04. The van der Waals surface area contributed by atoms with Crippen molar-refractivity contribution in [2.24, 2.45) is 0 Å². The highest BCUT2D eigenvalue weighted by molar-refractivity contribution is 5.82. The molecule has 0 aliphatic rings. The van der Waals surface area contributed by atoms with Crippen LogP contribution in [-0.2, 0) is 17.5 Å². The maximum absolute atomic E-state index is 13.9. The van der Waals surface area contributed by atoms with E-state index in [1.54, 1.807) is 31.3 Å². The van der Waals surface area contributed by atoms with Gasteiger partial charge in [0.2, 0.25) is 11.6 Å². The summed E-state index contributed by atoms with van der Waals surface area (Å²) in [7, 11) is 0. The van der Waals surface area contributed by atoms with Crippen molar-refractivity contribution >= 4 is 5.91 Å². The van der Waals surface area contributed by atoms with Crippen molar-refractivity contribution < 1.29 is 32.1 Å². The van der Waals surface area contributed by atoms with Crippen molar-refractivity contribution in [1.82, 2.24) is 30.6 Å². The monoisotopic (exact) mass is 524 g/mol. The summed E-state index contributed by atoms with van der Waals surface area (Å²) in [6.45, 7) is 1.91. The first-order valence-corrected chi connectivity index (χ1v) is 11.2. The summed E-state index contributed by atoms with van der Waals surface area (Å²) in [6.07, 6.45) is -4.57. The van der Waals surface area contributed by atoms with E-state index in [0.717, 1.165) is 5.69 Å². The zero-order valence-corrected chi connectivity index (χ0v) is 19.7. The average molecular weight is 524 g/mol. The van der Waals surface area contributed by atoms with Crippen molar-refractivity contribution in [3.05, 3.63) is 83.4 Å². The molecule has 0 saturated heterocycles. The Morgan fingerprint density at radius 1 is 1.03 bits per heavy atom. The Labute approximate surface area is 212 Å². The molecular formula is C25H19F3N6O4. The van der Waals surface area contributed by atoms with Crippen LogP contribution in [0.2, 0.25) is 0 Å². The van der Waals surface area contributed by atoms with E-state index in [2.05, 4.69) is 30.6 Å². The summed E-state index contributed by atoms with van der Waals surface area (Å²) < 4.78 is 51.8. The number of halogens is 3. The van der Waals surface area contributed by atoms with E-state index in [1.165, 1.54) is 36.4 Å². The molecule has 0 aliphatic heterocycles. The Morgan fingerprint density at radius 3 is 2.42 bits per heavy atom. The van der Waals surface area contributed by atoms with Crippen LogP contribution in [0.4, 0.5) is 13.2 Å². The molecule has 5 rings (SSSR count). The third-order valence-electron chi connectivity index (χ3n) is 5.57. The summed E-state index contributed by atoms with van der Waals surface area (Å²) in [4.78, 5) is 23.4. The van der Waals surface area contributed by atoms with Gasteiger partial charge in [-0.25, -0.2) is 4.98 Å². The number of nitrogens with zero attached hydrogens (tertiary/aromatic N) is 4. The van der Waals surface area contributed by atoms with Crippen molar-refractivity contribution in [2.75, 3.05) is 0 Å². The van der Waals surface area contributed by atoms with Gasteiger partial charge in [0, 0.05) is 17.3 Å². The van der Waals surface area contributed by atoms with Gasteiger partial charge in [0.15, 0.2) is 6.10 Å². The largest absolute Gasteiger partial charge is 0.422 e. The number of hydrogen-bond donors (Lipinski definition) is 3. The maximum atomic E-state index is 13.9. The molecule has 0 spiro atoms. The van der Waals surface area contributed by atoms with Gasteiger partial charge in [-0.1, -0.05) is 64.9 Å². The minimum Gasteiger partial charge on any atom is -0.378 e. The average Bonchev–Trinajstić information content (AvgIpc) is 3.66. The van der Waals surface area contributed by atoms with Crippen LogP contribution in [0.1, 0.15) is 28.7 Å². The van der Waals surface area contributed by atoms with E-state index in [0.29, 0.717) is 11.4 Å². The molecule has 1 unspecified atom stereocenters. The fourth-order valence-electron chi connectivity index (χ4n) is 3.71. The second-order valence-corrected chi connectivity index (χ2v) is 8.25. The highest BCUT2D eigenvalue weighted by atomic mass is 19.4. The predicted molar refractivity (Wildman–Crippen MR) is 126 cm³/mol. The number of carbonyl (C=O) groups is 1. The zero-order chi connectivity index (χ0) is 26.9. The van der Waals surface area contributed by atoms with Crippen LogP contribution in [-0.4, -0.2) is 36.3 Å². The van der Waals surface area contributed by atoms with Crippen molar-refractivity contribution in [3.8, 4) is 34.3 Å². The molecule has 0 bridgehead atoms. The summed E-state index contributed by atoms with van der Waals surface area (Å²) in [5, 5.41) is 20.3. The van der Waals surface area contributed by atoms with Crippen molar-refractivity contribution in [3.63, 3.8) is 0 Å². The molecule has 0 fully saturated rings. The lowest BCUT2D eigenvalue weighted by molar-refractivity contribution is -0.137. The number of aryl methyl sites for hydroxylation is 1. The van der Waals surface area contributed by atoms with E-state index in [4.69, 9.17) is 9.05 Å². The number of amides is 1. The van der Waals surface area contributed by atoms with E-state index >= 15 is 0 Å². The van der Waals surface area contributed by atoms with Gasteiger partial charge in [0.05, 0.1) is 12.2 Å². The van der Waals surface area contributed by atoms with Crippen LogP contribution in [0.15, 0.2) is 69.8 Å². The molecule has 0 saturated carbocycles. The number of alkyl halides is 3. The molecule has 10 nitrogen and oxygen atoms in total. The lowest BCUT2D eigenvalue weighted by atomic mass is 10.1. The summed E-state index contributed by atoms with van der Waals surface area (Å²) in [6, 6.07) is 13.7. The molecule has 194 valence electrons. The van der Waals surface area contributed by atoms with Gasteiger partial charge in [-0.2, -0.15) is 18.2 Å². The Bertz CT molecular complexity index is 1560. The van der Waals surface area contributed by atoms with Gasteiger partial charge >= 0.3 is 6.18 Å². The quantitative estimate of drug-likeness (QED) is 0.283. The van der Waals surface area contributed by atoms with Gasteiger partial charge in [-0.15, -0.1) is 0 Å². The Balaban J connectivity index is 1.34. The first-order chi connectivity index (χ1) is 18.2. The molecule has 3 N–H and O–H groups in total. The maximum Gasteiger partial charge on any atom is 0.422 e. The van der Waals surface area contributed by atoms with Gasteiger partial charge in [-0.3, -0.25) is 4.79 Å². The number of rotatable bonds is 7.